The molecule has 1 heterocycles. The topological polar surface area (TPSA) is 49.6 Å². The highest BCUT2D eigenvalue weighted by molar-refractivity contribution is 9.10. The van der Waals surface area contributed by atoms with Gasteiger partial charge in [-0.2, -0.15) is 0 Å². The number of nitrogens with zero attached hydrogens (tertiary/aromatic N) is 2. The first-order valence-electron chi connectivity index (χ1n) is 8.04. The van der Waals surface area contributed by atoms with Crippen LogP contribution in [-0.2, 0) is 4.79 Å². The molecule has 0 spiro atoms. The number of carbonyl (C=O) groups excluding carboxylic acids is 1. The minimum absolute atomic E-state index is 0.0586. The van der Waals surface area contributed by atoms with Crippen LogP contribution < -0.4 is 5.73 Å². The quantitative estimate of drug-likeness (QED) is 0.870. The molecule has 122 valence electrons. The summed E-state index contributed by atoms with van der Waals surface area (Å²) in [6.07, 6.45) is 1.53. The molecule has 1 saturated heterocycles. The molecule has 22 heavy (non-hydrogen) atoms. The molecule has 0 aromatic heterocycles. The smallest absolute Gasteiger partial charge is 0.224 e. The number of nitrogens with two attached hydrogens (primary N) is 1. The molecule has 5 heteroatoms. The third-order valence-electron chi connectivity index (χ3n) is 4.25. The van der Waals surface area contributed by atoms with E-state index in [1.54, 1.807) is 0 Å². The first-order valence-corrected chi connectivity index (χ1v) is 8.83. The first-order chi connectivity index (χ1) is 10.5. The Labute approximate surface area is 141 Å². The fourth-order valence-corrected chi connectivity index (χ4v) is 3.34. The number of hydrogen-bond donors (Lipinski definition) is 1. The highest BCUT2D eigenvalue weighted by Crippen LogP contribution is 2.26. The van der Waals surface area contributed by atoms with Gasteiger partial charge in [-0.25, -0.2) is 0 Å². The van der Waals surface area contributed by atoms with Crippen molar-refractivity contribution in [3.63, 3.8) is 0 Å². The van der Waals surface area contributed by atoms with Gasteiger partial charge >= 0.3 is 0 Å². The number of benzene rings is 1. The van der Waals surface area contributed by atoms with E-state index in [2.05, 4.69) is 52.0 Å². The molecule has 1 aliphatic rings. The van der Waals surface area contributed by atoms with Crippen LogP contribution in [0.1, 0.15) is 38.3 Å². The van der Waals surface area contributed by atoms with Gasteiger partial charge in [0.2, 0.25) is 5.91 Å². The van der Waals surface area contributed by atoms with E-state index >= 15 is 0 Å². The van der Waals surface area contributed by atoms with E-state index in [0.29, 0.717) is 12.5 Å². The lowest BCUT2D eigenvalue weighted by Crippen LogP contribution is -2.50. The Balaban J connectivity index is 1.94. The summed E-state index contributed by atoms with van der Waals surface area (Å²) in [5.41, 5.74) is 7.07. The summed E-state index contributed by atoms with van der Waals surface area (Å²) in [7, 11) is 0. The van der Waals surface area contributed by atoms with E-state index in [1.807, 2.05) is 11.8 Å². The summed E-state index contributed by atoms with van der Waals surface area (Å²) < 4.78 is 1.11. The maximum Gasteiger partial charge on any atom is 0.224 e. The largest absolute Gasteiger partial charge is 0.340 e. The molecule has 1 aliphatic heterocycles. The van der Waals surface area contributed by atoms with Crippen LogP contribution in [0, 0.1) is 0 Å². The lowest BCUT2D eigenvalue weighted by atomic mass is 10.0. The number of carbonyl (C=O) groups is 1. The zero-order chi connectivity index (χ0) is 16.1. The van der Waals surface area contributed by atoms with Crippen LogP contribution in [0.3, 0.4) is 0 Å². The van der Waals surface area contributed by atoms with Crippen LogP contribution in [-0.4, -0.2) is 47.9 Å². The van der Waals surface area contributed by atoms with Gasteiger partial charge in [0.25, 0.3) is 0 Å². The molecular weight excluding hydrogens is 342 g/mol. The molecule has 1 aromatic rings. The number of piperazine rings is 1. The Bertz CT molecular complexity index is 481. The third kappa shape index (κ3) is 4.54. The molecule has 0 saturated carbocycles. The third-order valence-corrected chi connectivity index (χ3v) is 4.77. The second kappa shape index (κ2) is 8.09. The molecule has 1 fully saturated rings. The summed E-state index contributed by atoms with van der Waals surface area (Å²) in [6, 6.07) is 8.94. The average molecular weight is 368 g/mol. The second-order valence-electron chi connectivity index (χ2n) is 6.07. The van der Waals surface area contributed by atoms with E-state index in [0.717, 1.165) is 37.1 Å². The van der Waals surface area contributed by atoms with Crippen molar-refractivity contribution in [2.45, 2.75) is 38.8 Å². The second-order valence-corrected chi connectivity index (χ2v) is 6.99. The number of rotatable bonds is 5. The number of hydrogen-bond acceptors (Lipinski definition) is 3. The number of halogens is 1. The van der Waals surface area contributed by atoms with Crippen LogP contribution >= 0.6 is 15.9 Å². The Hall–Kier alpha value is -0.910. The van der Waals surface area contributed by atoms with Gasteiger partial charge in [-0.3, -0.25) is 9.69 Å². The van der Waals surface area contributed by atoms with Gasteiger partial charge in [0.1, 0.15) is 0 Å². The van der Waals surface area contributed by atoms with Crippen LogP contribution in [0.4, 0.5) is 0 Å². The summed E-state index contributed by atoms with van der Waals surface area (Å²) in [6.45, 7) is 7.57. The van der Waals surface area contributed by atoms with Gasteiger partial charge < -0.3 is 10.6 Å². The summed E-state index contributed by atoms with van der Waals surface area (Å²) >= 11 is 3.49. The Morgan fingerprint density at radius 3 is 2.32 bits per heavy atom. The molecular formula is C17H26BrN3O. The van der Waals surface area contributed by atoms with E-state index in [-0.39, 0.29) is 11.9 Å². The zero-order valence-electron chi connectivity index (χ0n) is 13.5. The van der Waals surface area contributed by atoms with Crippen molar-refractivity contribution >= 4 is 21.8 Å². The van der Waals surface area contributed by atoms with Crippen LogP contribution in [0.2, 0.25) is 0 Å². The highest BCUT2D eigenvalue weighted by atomic mass is 79.9. The summed E-state index contributed by atoms with van der Waals surface area (Å²) in [4.78, 5) is 16.5. The van der Waals surface area contributed by atoms with Crippen molar-refractivity contribution in [2.75, 3.05) is 26.2 Å². The van der Waals surface area contributed by atoms with Crippen molar-refractivity contribution in [2.24, 2.45) is 5.73 Å². The Morgan fingerprint density at radius 1 is 1.23 bits per heavy atom. The molecule has 2 N–H and O–H groups in total. The molecule has 2 unspecified atom stereocenters. The van der Waals surface area contributed by atoms with Crippen molar-refractivity contribution in [1.82, 2.24) is 9.80 Å². The minimum Gasteiger partial charge on any atom is -0.340 e. The van der Waals surface area contributed by atoms with Crippen molar-refractivity contribution in [3.05, 3.63) is 34.3 Å². The standard InChI is InChI=1S/C17H26BrN3O/c1-3-16(14-4-6-15(18)7-5-14)20-8-10-21(11-9-20)17(22)12-13(2)19/h4-7,13,16H,3,8-12,19H2,1-2H3. The lowest BCUT2D eigenvalue weighted by molar-refractivity contribution is -0.133. The van der Waals surface area contributed by atoms with Gasteiger partial charge in [0.15, 0.2) is 0 Å². The monoisotopic (exact) mass is 367 g/mol. The molecule has 4 nitrogen and oxygen atoms in total. The Morgan fingerprint density at radius 2 is 1.82 bits per heavy atom. The molecule has 1 aromatic carbocycles. The van der Waals surface area contributed by atoms with E-state index < -0.39 is 0 Å². The summed E-state index contributed by atoms with van der Waals surface area (Å²) in [5, 5.41) is 0. The van der Waals surface area contributed by atoms with Gasteiger partial charge in [-0.15, -0.1) is 0 Å². The minimum atomic E-state index is -0.0586. The zero-order valence-corrected chi connectivity index (χ0v) is 15.1. The molecule has 0 radical (unpaired) electrons. The maximum absolute atomic E-state index is 12.1. The van der Waals surface area contributed by atoms with Crippen LogP contribution in [0.15, 0.2) is 28.7 Å². The summed E-state index contributed by atoms with van der Waals surface area (Å²) in [5.74, 6) is 0.186. The van der Waals surface area contributed by atoms with Gasteiger partial charge in [-0.05, 0) is 31.0 Å². The SMILES string of the molecule is CCC(c1ccc(Br)cc1)N1CCN(C(=O)CC(C)N)CC1. The molecule has 0 bridgehead atoms. The Kier molecular flexibility index (Phi) is 6.41. The van der Waals surface area contributed by atoms with Gasteiger partial charge in [0.05, 0.1) is 0 Å². The predicted octanol–water partition coefficient (Wildman–Crippen LogP) is 2.78. The fourth-order valence-electron chi connectivity index (χ4n) is 3.08. The van der Waals surface area contributed by atoms with E-state index in [1.165, 1.54) is 5.56 Å². The average Bonchev–Trinajstić information content (AvgIpc) is 2.50. The number of amides is 1. The van der Waals surface area contributed by atoms with Crippen LogP contribution in [0.5, 0.6) is 0 Å². The highest BCUT2D eigenvalue weighted by Gasteiger charge is 2.26. The van der Waals surface area contributed by atoms with Crippen molar-refractivity contribution in [1.29, 1.82) is 0 Å². The van der Waals surface area contributed by atoms with E-state index in [9.17, 15) is 4.79 Å². The predicted molar refractivity (Wildman–Crippen MR) is 93.6 cm³/mol. The van der Waals surface area contributed by atoms with Gasteiger partial charge in [-0.1, -0.05) is 35.0 Å². The maximum atomic E-state index is 12.1. The van der Waals surface area contributed by atoms with Crippen LogP contribution in [0.25, 0.3) is 0 Å². The fraction of sp³-hybridized carbons (Fsp3) is 0.588. The normalized spacial score (nSPS) is 19.0. The van der Waals surface area contributed by atoms with Crippen molar-refractivity contribution in [3.8, 4) is 0 Å². The first kappa shape index (κ1) is 17.4. The molecule has 2 atom stereocenters. The molecule has 1 amide bonds. The lowest BCUT2D eigenvalue weighted by Gasteiger charge is -2.39. The van der Waals surface area contributed by atoms with Gasteiger partial charge in [0, 0.05) is 49.2 Å². The molecule has 2 rings (SSSR count). The van der Waals surface area contributed by atoms with E-state index in [4.69, 9.17) is 5.73 Å². The molecule has 0 aliphatic carbocycles. The van der Waals surface area contributed by atoms with Crippen molar-refractivity contribution < 1.29 is 4.79 Å².